The van der Waals surface area contributed by atoms with Gasteiger partial charge in [-0.1, -0.05) is 0 Å². The van der Waals surface area contributed by atoms with Crippen LogP contribution in [-0.2, 0) is 19.6 Å². The van der Waals surface area contributed by atoms with Crippen LogP contribution in [0.4, 0.5) is 4.39 Å². The van der Waals surface area contributed by atoms with Crippen LogP contribution in [0.1, 0.15) is 12.8 Å². The van der Waals surface area contributed by atoms with Crippen LogP contribution in [0, 0.1) is 17.7 Å². The molecule has 3 aliphatic rings. The molecule has 0 unspecified atom stereocenters. The molecule has 0 N–H and O–H groups in total. The van der Waals surface area contributed by atoms with Gasteiger partial charge < -0.3 is 9.64 Å². The molecule has 3 fully saturated rings. The van der Waals surface area contributed by atoms with Gasteiger partial charge in [0.1, 0.15) is 5.82 Å². The topological polar surface area (TPSA) is 70.2 Å². The molecule has 9 heteroatoms. The number of methoxy groups -OCH3 is 1. The summed E-state index contributed by atoms with van der Waals surface area (Å²) in [6.45, 7) is 3.75. The number of hydrogen-bond acceptors (Lipinski definition) is 5. The molecule has 160 valence electrons. The number of benzene rings is 1. The van der Waals surface area contributed by atoms with Crippen molar-refractivity contribution >= 4 is 15.9 Å². The second-order valence-electron chi connectivity index (χ2n) is 8.32. The van der Waals surface area contributed by atoms with Gasteiger partial charge in [-0.2, -0.15) is 4.31 Å². The summed E-state index contributed by atoms with van der Waals surface area (Å²) in [4.78, 5) is 17.2. The first kappa shape index (κ1) is 20.7. The summed E-state index contributed by atoms with van der Waals surface area (Å²) in [5.74, 6) is -0.0904. The average molecular weight is 426 g/mol. The Bertz CT molecular complexity index is 868. The third kappa shape index (κ3) is 3.37. The largest absolute Gasteiger partial charge is 0.383 e. The van der Waals surface area contributed by atoms with Crippen molar-refractivity contribution in [2.45, 2.75) is 23.3 Å². The summed E-state index contributed by atoms with van der Waals surface area (Å²) < 4.78 is 45.7. The van der Waals surface area contributed by atoms with Crippen LogP contribution in [0.15, 0.2) is 29.2 Å². The Labute approximate surface area is 171 Å². The molecule has 1 spiro atoms. The van der Waals surface area contributed by atoms with E-state index in [1.807, 2.05) is 11.9 Å². The number of nitrogens with zero attached hydrogens (tertiary/aromatic N) is 3. The zero-order valence-corrected chi connectivity index (χ0v) is 17.7. The number of ether oxygens (including phenoxy) is 1. The first-order chi connectivity index (χ1) is 13.8. The SMILES string of the molecule is COCCN1C[C@@H]2C(=O)N(C)C3(CCN(S(=O)(=O)c4ccc(F)cc4)CC3)[C@@H]2C1. The quantitative estimate of drug-likeness (QED) is 0.705. The van der Waals surface area contributed by atoms with Crippen LogP contribution in [0.25, 0.3) is 0 Å². The zero-order chi connectivity index (χ0) is 20.8. The molecule has 4 rings (SSSR count). The van der Waals surface area contributed by atoms with Gasteiger partial charge in [0.05, 0.1) is 17.4 Å². The highest BCUT2D eigenvalue weighted by Crippen LogP contribution is 2.49. The fourth-order valence-electron chi connectivity index (χ4n) is 5.38. The van der Waals surface area contributed by atoms with Crippen molar-refractivity contribution in [3.63, 3.8) is 0 Å². The number of amides is 1. The highest BCUT2D eigenvalue weighted by molar-refractivity contribution is 7.89. The van der Waals surface area contributed by atoms with Crippen molar-refractivity contribution in [1.29, 1.82) is 0 Å². The van der Waals surface area contributed by atoms with E-state index in [0.29, 0.717) is 32.5 Å². The van der Waals surface area contributed by atoms with Crippen LogP contribution in [0.5, 0.6) is 0 Å². The first-order valence-corrected chi connectivity index (χ1v) is 11.5. The third-order valence-corrected chi connectivity index (χ3v) is 8.97. The van der Waals surface area contributed by atoms with E-state index in [1.54, 1.807) is 7.11 Å². The molecule has 0 aromatic heterocycles. The molecule has 2 atom stereocenters. The number of halogens is 1. The second kappa shape index (κ2) is 7.61. The van der Waals surface area contributed by atoms with Gasteiger partial charge in [0.2, 0.25) is 15.9 Å². The Morgan fingerprint density at radius 3 is 2.45 bits per heavy atom. The summed E-state index contributed by atoms with van der Waals surface area (Å²) in [5.41, 5.74) is -0.293. The van der Waals surface area contributed by atoms with Gasteiger partial charge in [-0.15, -0.1) is 0 Å². The standard InChI is InChI=1S/C20H28FN3O4S/c1-22-19(25)17-13-23(11-12-28-2)14-18(17)20(22)7-9-24(10-8-20)29(26,27)16-5-3-15(21)4-6-16/h3-6,17-18H,7-14H2,1-2H3/t17-,18+/m0/s1. The fraction of sp³-hybridized carbons (Fsp3) is 0.650. The number of rotatable bonds is 5. The molecule has 29 heavy (non-hydrogen) atoms. The number of piperidine rings is 1. The van der Waals surface area contributed by atoms with E-state index >= 15 is 0 Å². The second-order valence-corrected chi connectivity index (χ2v) is 10.3. The van der Waals surface area contributed by atoms with Gasteiger partial charge in [0.25, 0.3) is 0 Å². The van der Waals surface area contributed by atoms with E-state index < -0.39 is 15.8 Å². The minimum Gasteiger partial charge on any atom is -0.383 e. The van der Waals surface area contributed by atoms with Crippen molar-refractivity contribution in [3.05, 3.63) is 30.1 Å². The van der Waals surface area contributed by atoms with Crippen molar-refractivity contribution in [2.75, 3.05) is 53.5 Å². The van der Waals surface area contributed by atoms with Crippen molar-refractivity contribution in [3.8, 4) is 0 Å². The van der Waals surface area contributed by atoms with Gasteiger partial charge in [0.15, 0.2) is 0 Å². The van der Waals surface area contributed by atoms with Crippen molar-refractivity contribution in [1.82, 2.24) is 14.1 Å². The van der Waals surface area contributed by atoms with Gasteiger partial charge in [-0.25, -0.2) is 12.8 Å². The highest BCUT2D eigenvalue weighted by Gasteiger charge is 2.60. The number of hydrogen-bond donors (Lipinski definition) is 0. The van der Waals surface area contributed by atoms with E-state index in [4.69, 9.17) is 4.74 Å². The fourth-order valence-corrected chi connectivity index (χ4v) is 6.82. The summed E-state index contributed by atoms with van der Waals surface area (Å²) in [7, 11) is -0.124. The summed E-state index contributed by atoms with van der Waals surface area (Å²) in [5, 5.41) is 0. The van der Waals surface area contributed by atoms with Crippen LogP contribution in [0.2, 0.25) is 0 Å². The lowest BCUT2D eigenvalue weighted by Crippen LogP contribution is -2.56. The van der Waals surface area contributed by atoms with E-state index in [-0.39, 0.29) is 28.2 Å². The summed E-state index contributed by atoms with van der Waals surface area (Å²) in [6.07, 6.45) is 1.24. The van der Waals surface area contributed by atoms with Gasteiger partial charge in [-0.3, -0.25) is 9.69 Å². The first-order valence-electron chi connectivity index (χ1n) is 10.0. The molecule has 0 saturated carbocycles. The van der Waals surface area contributed by atoms with Crippen LogP contribution >= 0.6 is 0 Å². The molecular weight excluding hydrogens is 397 g/mol. The third-order valence-electron chi connectivity index (χ3n) is 7.05. The maximum atomic E-state index is 13.2. The molecular formula is C20H28FN3O4S. The van der Waals surface area contributed by atoms with Gasteiger partial charge in [-0.05, 0) is 37.1 Å². The Morgan fingerprint density at radius 1 is 1.17 bits per heavy atom. The smallest absolute Gasteiger partial charge is 0.243 e. The lowest BCUT2D eigenvalue weighted by Gasteiger charge is -2.46. The molecule has 7 nitrogen and oxygen atoms in total. The van der Waals surface area contributed by atoms with Gasteiger partial charge >= 0.3 is 0 Å². The number of carbonyl (C=O) groups is 1. The number of sulfonamides is 1. The van der Waals surface area contributed by atoms with E-state index in [9.17, 15) is 17.6 Å². The molecule has 3 heterocycles. The summed E-state index contributed by atoms with van der Waals surface area (Å²) in [6, 6.07) is 4.95. The summed E-state index contributed by atoms with van der Waals surface area (Å²) >= 11 is 0. The molecule has 3 aliphatic heterocycles. The van der Waals surface area contributed by atoms with Crippen LogP contribution in [0.3, 0.4) is 0 Å². The average Bonchev–Trinajstić information content (AvgIpc) is 3.22. The normalized spacial score (nSPS) is 27.7. The maximum absolute atomic E-state index is 13.2. The molecule has 0 radical (unpaired) electrons. The Balaban J connectivity index is 1.50. The van der Waals surface area contributed by atoms with Gasteiger partial charge in [0, 0.05) is 58.3 Å². The lowest BCUT2D eigenvalue weighted by atomic mass is 9.75. The highest BCUT2D eigenvalue weighted by atomic mass is 32.2. The molecule has 0 bridgehead atoms. The van der Waals surface area contributed by atoms with Crippen molar-refractivity contribution in [2.24, 2.45) is 11.8 Å². The van der Waals surface area contributed by atoms with E-state index in [1.165, 1.54) is 28.6 Å². The Hall–Kier alpha value is -1.55. The number of carbonyl (C=O) groups excluding carboxylic acids is 1. The Kier molecular flexibility index (Phi) is 5.43. The molecule has 0 aliphatic carbocycles. The molecule has 1 aromatic carbocycles. The Morgan fingerprint density at radius 2 is 1.83 bits per heavy atom. The minimum absolute atomic E-state index is 0.0166. The molecule has 1 amide bonds. The maximum Gasteiger partial charge on any atom is 0.243 e. The molecule has 3 saturated heterocycles. The monoisotopic (exact) mass is 425 g/mol. The predicted octanol–water partition coefficient (Wildman–Crippen LogP) is 1.02. The predicted molar refractivity (Wildman–Crippen MR) is 105 cm³/mol. The minimum atomic E-state index is -3.66. The van der Waals surface area contributed by atoms with E-state index in [0.717, 1.165) is 19.6 Å². The lowest BCUT2D eigenvalue weighted by molar-refractivity contribution is -0.133. The molecule has 1 aromatic rings. The van der Waals surface area contributed by atoms with Crippen LogP contribution in [-0.4, -0.2) is 87.5 Å². The number of likely N-dealkylation sites (tertiary alicyclic amines) is 2. The van der Waals surface area contributed by atoms with E-state index in [2.05, 4.69) is 4.90 Å². The number of fused-ring (bicyclic) bond motifs is 2. The zero-order valence-electron chi connectivity index (χ0n) is 16.9. The van der Waals surface area contributed by atoms with Crippen molar-refractivity contribution < 1.29 is 22.3 Å². The van der Waals surface area contributed by atoms with Crippen LogP contribution < -0.4 is 0 Å².